The van der Waals surface area contributed by atoms with Gasteiger partial charge in [-0.05, 0) is 80.8 Å². The number of benzene rings is 4. The zero-order chi connectivity index (χ0) is 51.2. The van der Waals surface area contributed by atoms with Crippen molar-refractivity contribution < 1.29 is 57.8 Å². The Bertz CT molecular complexity index is 2510. The highest BCUT2D eigenvalue weighted by atomic mass is 32.2. The molecule has 394 valence electrons. The van der Waals surface area contributed by atoms with Crippen molar-refractivity contribution >= 4 is 113 Å². The molecule has 24 heteroatoms. The van der Waals surface area contributed by atoms with E-state index in [1.807, 2.05) is 24.3 Å². The monoisotopic (exact) mass is 1140 g/mol. The van der Waals surface area contributed by atoms with Crippen LogP contribution in [-0.2, 0) is 59.4 Å². The van der Waals surface area contributed by atoms with Gasteiger partial charge in [-0.25, -0.2) is 13.1 Å². The van der Waals surface area contributed by atoms with Crippen LogP contribution in [0.2, 0.25) is 48.4 Å². The Labute approximate surface area is 431 Å². The van der Waals surface area contributed by atoms with E-state index >= 15 is 0 Å². The first-order chi connectivity index (χ1) is 33.2. The van der Waals surface area contributed by atoms with Crippen LogP contribution in [0.25, 0.3) is 32.3 Å². The molecule has 8 bridgehead atoms. The van der Waals surface area contributed by atoms with Crippen molar-refractivity contribution in [3.8, 4) is 0 Å². The van der Waals surface area contributed by atoms with E-state index in [2.05, 4.69) is 126 Å². The fourth-order valence-electron chi connectivity index (χ4n) is 11.4. The maximum absolute atomic E-state index is 14.6. The van der Waals surface area contributed by atoms with Gasteiger partial charge in [-0.15, -0.1) is 0 Å². The molecule has 0 spiro atoms. The minimum atomic E-state index is -4.29. The molecule has 0 radical (unpaired) electrons. The van der Waals surface area contributed by atoms with Crippen LogP contribution < -0.4 is 4.72 Å². The standard InChI is InChI=1S/C47H79NO14SSi8/c1-34(2)27-65-51-64(26-16-25-48-63(49,50)45-24-22-43-20-19-41-17-15-18-42-21-23-44(45)47(43)46(41)42)52-66(28-35(3)4)56-68(54-65,30-37(7)8)60-71(33-40(13)14)61-69(55-65,31-38(9)10)57-67(53-64,29-36(5)6)59-70(58-66,62-71)32-39(11)12/h15,17-24,34-40,48H,16,25-33H2,1-14H3. The molecule has 4 aromatic rings. The summed E-state index contributed by atoms with van der Waals surface area (Å²) in [4.78, 5) is 0.222. The van der Waals surface area contributed by atoms with E-state index in [9.17, 15) is 8.42 Å². The number of sulfonamides is 1. The molecule has 6 heterocycles. The molecular weight excluding hydrogens is 1060 g/mol. The fraction of sp³-hybridized carbons (Fsp3) is 0.660. The molecule has 15 nitrogen and oxygen atoms in total. The summed E-state index contributed by atoms with van der Waals surface area (Å²) in [5.41, 5.74) is 0. The van der Waals surface area contributed by atoms with Gasteiger partial charge in [0.25, 0.3) is 0 Å². The van der Waals surface area contributed by atoms with E-state index in [1.54, 1.807) is 6.07 Å². The fourth-order valence-corrected chi connectivity index (χ4v) is 64.3. The predicted molar refractivity (Wildman–Crippen MR) is 291 cm³/mol. The van der Waals surface area contributed by atoms with Gasteiger partial charge in [-0.2, -0.15) is 0 Å². The van der Waals surface area contributed by atoms with Crippen molar-refractivity contribution in [2.45, 2.75) is 157 Å². The van der Waals surface area contributed by atoms with E-state index in [4.69, 9.17) is 49.4 Å². The van der Waals surface area contributed by atoms with Gasteiger partial charge in [-0.3, -0.25) is 0 Å². The number of nitrogens with one attached hydrogen (secondary N) is 1. The molecule has 0 unspecified atom stereocenters. The molecule has 6 aliphatic rings. The van der Waals surface area contributed by atoms with Crippen molar-refractivity contribution in [3.63, 3.8) is 0 Å². The molecule has 10 rings (SSSR count). The lowest BCUT2D eigenvalue weighted by atomic mass is 9.94. The first-order valence-electron chi connectivity index (χ1n) is 26.2. The van der Waals surface area contributed by atoms with Gasteiger partial charge < -0.3 is 49.4 Å². The summed E-state index contributed by atoms with van der Waals surface area (Å²) in [6, 6.07) is 20.8. The second-order valence-corrected chi connectivity index (χ2v) is 49.6. The lowest BCUT2D eigenvalue weighted by Gasteiger charge is -2.64. The third-order valence-corrected chi connectivity index (χ3v) is 54.6. The summed E-state index contributed by atoms with van der Waals surface area (Å²) in [7, 11) is -36.9. The van der Waals surface area contributed by atoms with Crippen LogP contribution >= 0.6 is 0 Å². The number of hydrogen-bond donors (Lipinski definition) is 1. The lowest BCUT2D eigenvalue weighted by molar-refractivity contribution is -0.0341. The molecule has 0 amide bonds. The molecule has 6 aliphatic heterocycles. The lowest BCUT2D eigenvalue weighted by Crippen LogP contribution is -2.88. The number of rotatable bonds is 20. The molecule has 0 aliphatic carbocycles. The Hall–Kier alpha value is -0.915. The van der Waals surface area contributed by atoms with Gasteiger partial charge >= 0.3 is 70.4 Å². The summed E-state index contributed by atoms with van der Waals surface area (Å²) in [5, 5.41) is 5.77. The topological polar surface area (TPSA) is 157 Å². The van der Waals surface area contributed by atoms with Crippen molar-refractivity contribution in [1.29, 1.82) is 0 Å². The Morgan fingerprint density at radius 1 is 0.380 bits per heavy atom. The SMILES string of the molecule is CC(C)C[Si]12O[Si]3(CCCNS(=O)(=O)c4ccc5ccc6cccc7ccc4c5c67)O[Si]4(CC(C)C)O[Si](CC(C)C)(O1)O[Si]1(CC(C)C)O[Si](CC(C)C)(O2)O[Si](CC(C)C)(O3)O[Si](CC(C)C)(O4)O1. The summed E-state index contributed by atoms with van der Waals surface area (Å²) < 4.78 is 127. The Kier molecular flexibility index (Phi) is 15.3. The average molecular weight is 1140 g/mol. The summed E-state index contributed by atoms with van der Waals surface area (Å²) in [6.07, 6.45) is 0.271. The summed E-state index contributed by atoms with van der Waals surface area (Å²) in [5.74, 6) is 0.285. The normalized spacial score (nSPS) is 34.3. The first-order valence-corrected chi connectivity index (χ1v) is 43.2. The molecule has 1 N–H and O–H groups in total. The van der Waals surface area contributed by atoms with Gasteiger partial charge in [0.05, 0.1) is 4.90 Å². The van der Waals surface area contributed by atoms with E-state index in [-0.39, 0.29) is 65.3 Å². The number of hydrogen-bond acceptors (Lipinski definition) is 14. The average Bonchev–Trinajstić information content (AvgIpc) is 3.16. The molecule has 0 aromatic heterocycles. The van der Waals surface area contributed by atoms with Crippen LogP contribution in [0.4, 0.5) is 0 Å². The molecule has 6 saturated heterocycles. The second kappa shape index (κ2) is 19.8. The zero-order valence-corrected chi connectivity index (χ0v) is 53.2. The van der Waals surface area contributed by atoms with E-state index in [0.717, 1.165) is 26.9 Å². The Balaban J connectivity index is 1.21. The largest absolute Gasteiger partial charge is 0.479 e. The van der Waals surface area contributed by atoms with Crippen LogP contribution in [0, 0.1) is 41.4 Å². The highest BCUT2D eigenvalue weighted by Crippen LogP contribution is 2.56. The molecule has 0 saturated carbocycles. The first kappa shape index (κ1) is 54.9. The van der Waals surface area contributed by atoms with Crippen molar-refractivity contribution in [1.82, 2.24) is 4.72 Å². The van der Waals surface area contributed by atoms with Crippen molar-refractivity contribution in [2.75, 3.05) is 6.54 Å². The van der Waals surface area contributed by atoms with Gasteiger partial charge in [0.2, 0.25) is 10.0 Å². The van der Waals surface area contributed by atoms with Crippen LogP contribution in [0.1, 0.15) is 103 Å². The minimum Gasteiger partial charge on any atom is -0.373 e. The maximum atomic E-state index is 14.6. The molecule has 6 fully saturated rings. The van der Waals surface area contributed by atoms with Crippen LogP contribution in [0.15, 0.2) is 59.5 Å². The van der Waals surface area contributed by atoms with Crippen LogP contribution in [0.3, 0.4) is 0 Å². The van der Waals surface area contributed by atoms with E-state index < -0.39 is 80.5 Å². The molecule has 71 heavy (non-hydrogen) atoms. The third kappa shape index (κ3) is 11.3. The molecule has 4 aromatic carbocycles. The highest BCUT2D eigenvalue weighted by molar-refractivity contribution is 7.89. The van der Waals surface area contributed by atoms with Crippen molar-refractivity contribution in [3.05, 3.63) is 54.6 Å². The van der Waals surface area contributed by atoms with E-state index in [0.29, 0.717) is 47.7 Å². The summed E-state index contributed by atoms with van der Waals surface area (Å²) >= 11 is 0. The maximum Gasteiger partial charge on any atom is 0.479 e. The van der Waals surface area contributed by atoms with Gasteiger partial charge in [0, 0.05) is 60.3 Å². The highest BCUT2D eigenvalue weighted by Gasteiger charge is 2.83. The smallest absolute Gasteiger partial charge is 0.373 e. The van der Waals surface area contributed by atoms with Crippen LogP contribution in [-0.4, -0.2) is 85.4 Å². The minimum absolute atomic E-state index is 0.0175. The second-order valence-electron chi connectivity index (χ2n) is 23.8. The molecule has 0 atom stereocenters. The zero-order valence-electron chi connectivity index (χ0n) is 44.4. The van der Waals surface area contributed by atoms with E-state index in [1.165, 1.54) is 0 Å². The van der Waals surface area contributed by atoms with Crippen molar-refractivity contribution in [2.24, 2.45) is 41.4 Å². The predicted octanol–water partition coefficient (Wildman–Crippen LogP) is 11.6. The Morgan fingerprint density at radius 2 is 0.662 bits per heavy atom. The summed E-state index contributed by atoms with van der Waals surface area (Å²) in [6.45, 7) is 30.0. The van der Waals surface area contributed by atoms with Gasteiger partial charge in [0.15, 0.2) is 0 Å². The van der Waals surface area contributed by atoms with Gasteiger partial charge in [0.1, 0.15) is 0 Å². The van der Waals surface area contributed by atoms with Crippen LogP contribution in [0.5, 0.6) is 0 Å². The Morgan fingerprint density at radius 3 is 0.986 bits per heavy atom. The molecular formula is C47H79NO14SSi8. The third-order valence-electron chi connectivity index (χ3n) is 13.1. The quantitative estimate of drug-likeness (QED) is 0.0506. The van der Waals surface area contributed by atoms with Gasteiger partial charge in [-0.1, -0.05) is 145 Å².